The number of hydrogen-bond acceptors (Lipinski definition) is 3. The van der Waals surface area contributed by atoms with Crippen molar-refractivity contribution in [1.29, 1.82) is 0 Å². The van der Waals surface area contributed by atoms with Crippen LogP contribution in [0.2, 0.25) is 0 Å². The molecule has 1 aliphatic carbocycles. The summed E-state index contributed by atoms with van der Waals surface area (Å²) in [7, 11) is 0. The first-order valence-corrected chi connectivity index (χ1v) is 10.7. The lowest BCUT2D eigenvalue weighted by molar-refractivity contribution is -0.253. The molecule has 1 saturated carbocycles. The van der Waals surface area contributed by atoms with Gasteiger partial charge in [0.25, 0.3) is 5.91 Å². The summed E-state index contributed by atoms with van der Waals surface area (Å²) >= 11 is 2.69. The van der Waals surface area contributed by atoms with Crippen LogP contribution in [0.5, 0.6) is 5.75 Å². The van der Waals surface area contributed by atoms with Crippen molar-refractivity contribution in [2.75, 3.05) is 17.2 Å². The summed E-state index contributed by atoms with van der Waals surface area (Å²) in [6.07, 6.45) is -9.67. The van der Waals surface area contributed by atoms with Crippen LogP contribution in [0.1, 0.15) is 34.7 Å². The minimum Gasteiger partial charge on any atom is -0.433 e. The fourth-order valence-corrected chi connectivity index (χ4v) is 3.80. The molecule has 2 aromatic carbocycles. The highest BCUT2D eigenvalue weighted by Gasteiger charge is 2.57. The fourth-order valence-electron chi connectivity index (χ4n) is 3.24. The van der Waals surface area contributed by atoms with E-state index in [9.17, 15) is 44.3 Å². The molecule has 0 aromatic heterocycles. The summed E-state index contributed by atoms with van der Waals surface area (Å²) in [5, 5.41) is 4.84. The summed E-state index contributed by atoms with van der Waals surface area (Å²) in [5.74, 6) is -7.01. The van der Waals surface area contributed by atoms with Crippen LogP contribution in [-0.2, 0) is 0 Å². The third-order valence-corrected chi connectivity index (χ3v) is 5.67. The third-order valence-electron chi connectivity index (χ3n) is 5.04. The standard InChI is InChI=1S/C21H16BrF9N2O2/c22-12-6-10(17(20(26,27)28)21(29,30)31)7-14(35-19(24)25)16(12)33-18(34)11-2-1-3-13(15(11)23)32-8-9-4-5-9/h1-3,6-7,9,17,19,32H,4-5,8H2,(H,33,34). The van der Waals surface area contributed by atoms with Gasteiger partial charge in [-0.1, -0.05) is 6.07 Å². The molecule has 0 spiro atoms. The van der Waals surface area contributed by atoms with Crippen molar-refractivity contribution in [1.82, 2.24) is 0 Å². The van der Waals surface area contributed by atoms with Crippen molar-refractivity contribution in [2.24, 2.45) is 5.92 Å². The Morgan fingerprint density at radius 1 is 1.09 bits per heavy atom. The maximum Gasteiger partial charge on any atom is 0.404 e. The molecule has 14 heteroatoms. The Balaban J connectivity index is 1.97. The fraction of sp³-hybridized carbons (Fsp3) is 0.381. The van der Waals surface area contributed by atoms with Crippen LogP contribution in [-0.4, -0.2) is 31.4 Å². The molecule has 2 aromatic rings. The molecule has 3 rings (SSSR count). The Morgan fingerprint density at radius 3 is 2.26 bits per heavy atom. The summed E-state index contributed by atoms with van der Waals surface area (Å²) in [5.41, 5.74) is -2.73. The van der Waals surface area contributed by atoms with Gasteiger partial charge in [-0.05, 0) is 64.5 Å². The number of rotatable bonds is 8. The van der Waals surface area contributed by atoms with Crippen molar-refractivity contribution in [3.05, 3.63) is 51.7 Å². The van der Waals surface area contributed by atoms with E-state index in [2.05, 4.69) is 26.0 Å². The maximum absolute atomic E-state index is 14.8. The summed E-state index contributed by atoms with van der Waals surface area (Å²) < 4.78 is 123. The van der Waals surface area contributed by atoms with Crippen molar-refractivity contribution >= 4 is 33.2 Å². The van der Waals surface area contributed by atoms with E-state index < -0.39 is 63.6 Å². The molecule has 0 heterocycles. The number of carbonyl (C=O) groups excluding carboxylic acids is 1. The Bertz CT molecular complexity index is 1070. The Labute approximate surface area is 200 Å². The summed E-state index contributed by atoms with van der Waals surface area (Å²) in [6.45, 7) is -3.20. The second-order valence-electron chi connectivity index (χ2n) is 7.72. The lowest BCUT2D eigenvalue weighted by Crippen LogP contribution is -2.34. The van der Waals surface area contributed by atoms with Gasteiger partial charge in [0.05, 0.1) is 16.9 Å². The molecular weight excluding hydrogens is 563 g/mol. The average molecular weight is 579 g/mol. The van der Waals surface area contributed by atoms with Crippen LogP contribution >= 0.6 is 15.9 Å². The van der Waals surface area contributed by atoms with Crippen LogP contribution in [0.4, 0.5) is 50.9 Å². The van der Waals surface area contributed by atoms with Crippen molar-refractivity contribution in [3.63, 3.8) is 0 Å². The predicted octanol–water partition coefficient (Wildman–Crippen LogP) is 7.47. The Kier molecular flexibility index (Phi) is 7.82. The predicted molar refractivity (Wildman–Crippen MR) is 111 cm³/mol. The van der Waals surface area contributed by atoms with Gasteiger partial charge in [-0.25, -0.2) is 4.39 Å². The molecule has 4 nitrogen and oxygen atoms in total. The van der Waals surface area contributed by atoms with Gasteiger partial charge in [0.2, 0.25) is 0 Å². The van der Waals surface area contributed by atoms with Gasteiger partial charge < -0.3 is 15.4 Å². The summed E-state index contributed by atoms with van der Waals surface area (Å²) in [4.78, 5) is 12.7. The van der Waals surface area contributed by atoms with Crippen LogP contribution < -0.4 is 15.4 Å². The van der Waals surface area contributed by atoms with Crippen LogP contribution in [0.3, 0.4) is 0 Å². The van der Waals surface area contributed by atoms with E-state index in [1.807, 2.05) is 5.32 Å². The van der Waals surface area contributed by atoms with E-state index in [4.69, 9.17) is 0 Å². The van der Waals surface area contributed by atoms with Gasteiger partial charge in [-0.3, -0.25) is 4.79 Å². The first kappa shape index (κ1) is 27.0. The zero-order valence-electron chi connectivity index (χ0n) is 17.3. The normalized spacial score (nSPS) is 14.4. The van der Waals surface area contributed by atoms with Gasteiger partial charge >= 0.3 is 19.0 Å². The molecule has 1 fully saturated rings. The van der Waals surface area contributed by atoms with Gasteiger partial charge in [-0.2, -0.15) is 35.1 Å². The van der Waals surface area contributed by atoms with Gasteiger partial charge in [0.15, 0.2) is 17.5 Å². The SMILES string of the molecule is O=C(Nc1c(Br)cc(C(C(F)(F)F)C(F)(F)F)cc1OC(F)F)c1cccc(NCC2CC2)c1F. The molecule has 192 valence electrons. The first-order chi connectivity index (χ1) is 16.2. The monoisotopic (exact) mass is 578 g/mol. The number of halogens is 10. The van der Waals surface area contributed by atoms with Gasteiger partial charge in [-0.15, -0.1) is 0 Å². The molecule has 35 heavy (non-hydrogen) atoms. The zero-order valence-corrected chi connectivity index (χ0v) is 18.9. The molecule has 2 N–H and O–H groups in total. The molecule has 0 bridgehead atoms. The minimum atomic E-state index is -5.80. The lowest BCUT2D eigenvalue weighted by Gasteiger charge is -2.25. The number of nitrogens with one attached hydrogen (secondary N) is 2. The highest BCUT2D eigenvalue weighted by Crippen LogP contribution is 2.49. The molecule has 0 aliphatic heterocycles. The Hall–Kier alpha value is -2.64. The minimum absolute atomic E-state index is 0.0128. The molecule has 0 radical (unpaired) electrons. The highest BCUT2D eigenvalue weighted by atomic mass is 79.9. The first-order valence-electron chi connectivity index (χ1n) is 9.94. The maximum atomic E-state index is 14.8. The number of amides is 1. The molecule has 1 aliphatic rings. The summed E-state index contributed by atoms with van der Waals surface area (Å²) in [6, 6.07) is 4.22. The number of anilines is 2. The number of alkyl halides is 8. The number of ether oxygens (including phenoxy) is 1. The largest absolute Gasteiger partial charge is 0.433 e. The third kappa shape index (κ3) is 6.73. The van der Waals surface area contributed by atoms with E-state index in [1.165, 1.54) is 12.1 Å². The molecule has 0 unspecified atom stereocenters. The Morgan fingerprint density at radius 2 is 1.71 bits per heavy atom. The smallest absolute Gasteiger partial charge is 0.404 e. The van der Waals surface area contributed by atoms with Crippen LogP contribution in [0.15, 0.2) is 34.8 Å². The second-order valence-corrected chi connectivity index (χ2v) is 8.57. The van der Waals surface area contributed by atoms with E-state index in [1.54, 1.807) is 0 Å². The molecule has 1 amide bonds. The van der Waals surface area contributed by atoms with E-state index >= 15 is 0 Å². The molecular formula is C21H16BrF9N2O2. The van der Waals surface area contributed by atoms with Gasteiger partial charge in [0.1, 0.15) is 0 Å². The zero-order chi connectivity index (χ0) is 26.1. The van der Waals surface area contributed by atoms with Crippen molar-refractivity contribution in [3.8, 4) is 5.75 Å². The van der Waals surface area contributed by atoms with E-state index in [0.717, 1.165) is 18.9 Å². The van der Waals surface area contributed by atoms with Crippen molar-refractivity contribution < 1.29 is 49.0 Å². The van der Waals surface area contributed by atoms with Crippen LogP contribution in [0.25, 0.3) is 0 Å². The van der Waals surface area contributed by atoms with Gasteiger partial charge in [0, 0.05) is 11.0 Å². The number of benzene rings is 2. The van der Waals surface area contributed by atoms with E-state index in [-0.39, 0.29) is 11.8 Å². The number of hydrogen-bond donors (Lipinski definition) is 2. The van der Waals surface area contributed by atoms with Crippen molar-refractivity contribution in [2.45, 2.75) is 37.7 Å². The van der Waals surface area contributed by atoms with Crippen LogP contribution in [0, 0.1) is 11.7 Å². The topological polar surface area (TPSA) is 50.4 Å². The molecule has 0 saturated heterocycles. The highest BCUT2D eigenvalue weighted by molar-refractivity contribution is 9.10. The quantitative estimate of drug-likeness (QED) is 0.319. The second kappa shape index (κ2) is 10.2. The average Bonchev–Trinajstić information content (AvgIpc) is 3.51. The lowest BCUT2D eigenvalue weighted by atomic mass is 9.97. The van der Waals surface area contributed by atoms with E-state index in [0.29, 0.717) is 18.5 Å². The molecule has 0 atom stereocenters. The number of carbonyl (C=O) groups is 1.